The Morgan fingerprint density at radius 1 is 0.974 bits per heavy atom. The molecule has 10 nitrogen and oxygen atoms in total. The van der Waals surface area contributed by atoms with Crippen molar-refractivity contribution >= 4 is 52.8 Å². The number of carbonyl (C=O) groups is 1. The van der Waals surface area contributed by atoms with E-state index in [1.54, 1.807) is 30.3 Å². The van der Waals surface area contributed by atoms with Gasteiger partial charge in [-0.1, -0.05) is 52.3 Å². The standard InChI is InChI=1S/C26H23BrN2O8S2/c27-18-11-12-23-22(15-18)25(24(26(30)31)29(23)38(32,33)21-9-5-2-6-10-21)39(34,35)28-13-14-36-20(16-28)17-37-19-7-3-1-4-8-19/h1-12,15,20H,13-14,16-17H2,(H,30,31). The molecule has 0 radical (unpaired) electrons. The number of carboxylic acid groups (broad SMARTS) is 1. The van der Waals surface area contributed by atoms with E-state index in [1.807, 2.05) is 6.07 Å². The van der Waals surface area contributed by atoms with Gasteiger partial charge in [0.2, 0.25) is 10.0 Å². The summed E-state index contributed by atoms with van der Waals surface area (Å²) in [6, 6.07) is 20.5. The molecule has 2 heterocycles. The molecule has 1 N–H and O–H groups in total. The van der Waals surface area contributed by atoms with Crippen molar-refractivity contribution in [1.29, 1.82) is 0 Å². The molecule has 4 aromatic rings. The van der Waals surface area contributed by atoms with Gasteiger partial charge in [0, 0.05) is 22.9 Å². The smallest absolute Gasteiger partial charge is 0.355 e. The fourth-order valence-corrected chi connectivity index (χ4v) is 8.21. The van der Waals surface area contributed by atoms with Crippen LogP contribution >= 0.6 is 15.9 Å². The van der Waals surface area contributed by atoms with Crippen molar-refractivity contribution in [2.24, 2.45) is 0 Å². The maximum absolute atomic E-state index is 14.1. The van der Waals surface area contributed by atoms with Crippen LogP contribution in [0.3, 0.4) is 0 Å². The lowest BCUT2D eigenvalue weighted by Crippen LogP contribution is -2.47. The first-order valence-electron chi connectivity index (χ1n) is 11.8. The molecule has 1 aromatic heterocycles. The highest BCUT2D eigenvalue weighted by atomic mass is 79.9. The van der Waals surface area contributed by atoms with Gasteiger partial charge in [-0.2, -0.15) is 4.31 Å². The van der Waals surface area contributed by atoms with E-state index >= 15 is 0 Å². The van der Waals surface area contributed by atoms with Crippen molar-refractivity contribution in [3.63, 3.8) is 0 Å². The number of carboxylic acids is 1. The first kappa shape index (κ1) is 27.3. The zero-order valence-electron chi connectivity index (χ0n) is 20.3. The number of nitrogens with zero attached hydrogens (tertiary/aromatic N) is 2. The summed E-state index contributed by atoms with van der Waals surface area (Å²) < 4.78 is 69.1. The molecule has 0 spiro atoms. The van der Waals surface area contributed by atoms with Crippen LogP contribution in [0.2, 0.25) is 0 Å². The number of rotatable bonds is 8. The molecular weight excluding hydrogens is 612 g/mol. The van der Waals surface area contributed by atoms with Crippen LogP contribution in [0.4, 0.5) is 0 Å². The van der Waals surface area contributed by atoms with Gasteiger partial charge in [-0.05, 0) is 42.5 Å². The molecule has 13 heteroatoms. The molecule has 1 atom stereocenters. The van der Waals surface area contributed by atoms with Gasteiger partial charge in [-0.25, -0.2) is 25.6 Å². The van der Waals surface area contributed by atoms with Gasteiger partial charge in [0.05, 0.1) is 17.0 Å². The van der Waals surface area contributed by atoms with E-state index in [4.69, 9.17) is 9.47 Å². The zero-order valence-corrected chi connectivity index (χ0v) is 23.5. The lowest BCUT2D eigenvalue weighted by Gasteiger charge is -2.32. The highest BCUT2D eigenvalue weighted by Gasteiger charge is 2.40. The quantitative estimate of drug-likeness (QED) is 0.309. The van der Waals surface area contributed by atoms with E-state index in [9.17, 15) is 26.7 Å². The van der Waals surface area contributed by atoms with Gasteiger partial charge < -0.3 is 14.6 Å². The Bertz CT molecular complexity index is 1740. The molecule has 0 saturated carbocycles. The minimum atomic E-state index is -4.51. The van der Waals surface area contributed by atoms with E-state index < -0.39 is 42.7 Å². The minimum Gasteiger partial charge on any atom is -0.491 e. The number of ether oxygens (including phenoxy) is 2. The van der Waals surface area contributed by atoms with E-state index in [0.717, 1.165) is 4.31 Å². The van der Waals surface area contributed by atoms with E-state index in [1.165, 1.54) is 42.5 Å². The minimum absolute atomic E-state index is 0.0372. The molecule has 0 amide bonds. The molecule has 3 aromatic carbocycles. The Balaban J connectivity index is 1.61. The maximum atomic E-state index is 14.1. The van der Waals surface area contributed by atoms with Crippen molar-refractivity contribution in [2.75, 3.05) is 26.3 Å². The van der Waals surface area contributed by atoms with Gasteiger partial charge >= 0.3 is 5.97 Å². The molecule has 0 aliphatic carbocycles. The number of aromatic carboxylic acids is 1. The third kappa shape index (κ3) is 5.20. The number of hydrogen-bond acceptors (Lipinski definition) is 7. The molecule has 1 unspecified atom stereocenters. The predicted octanol–water partition coefficient (Wildman–Crippen LogP) is 3.81. The number of hydrogen-bond donors (Lipinski definition) is 1. The number of benzene rings is 3. The van der Waals surface area contributed by atoms with E-state index in [2.05, 4.69) is 15.9 Å². The van der Waals surface area contributed by atoms with Crippen LogP contribution in [-0.2, 0) is 24.8 Å². The van der Waals surface area contributed by atoms with Crippen molar-refractivity contribution in [3.05, 3.63) is 89.0 Å². The summed E-state index contributed by atoms with van der Waals surface area (Å²) in [6.07, 6.45) is -0.629. The highest BCUT2D eigenvalue weighted by Crippen LogP contribution is 2.37. The summed E-state index contributed by atoms with van der Waals surface area (Å²) in [7, 11) is -8.99. The monoisotopic (exact) mass is 634 g/mol. The molecule has 1 fully saturated rings. The average Bonchev–Trinajstić information content (AvgIpc) is 3.29. The lowest BCUT2D eigenvalue weighted by molar-refractivity contribution is -0.0249. The summed E-state index contributed by atoms with van der Waals surface area (Å²) in [4.78, 5) is 11.8. The topological polar surface area (TPSA) is 132 Å². The Morgan fingerprint density at radius 3 is 2.31 bits per heavy atom. The van der Waals surface area contributed by atoms with Gasteiger partial charge in [0.1, 0.15) is 23.4 Å². The summed E-state index contributed by atoms with van der Waals surface area (Å²) in [5.74, 6) is -1.11. The highest BCUT2D eigenvalue weighted by molar-refractivity contribution is 9.10. The molecule has 5 rings (SSSR count). The van der Waals surface area contributed by atoms with Crippen LogP contribution < -0.4 is 4.74 Å². The number of fused-ring (bicyclic) bond motifs is 1. The van der Waals surface area contributed by atoms with Crippen molar-refractivity contribution in [3.8, 4) is 5.75 Å². The second-order valence-electron chi connectivity index (χ2n) is 8.71. The van der Waals surface area contributed by atoms with Crippen molar-refractivity contribution < 1.29 is 36.2 Å². The summed E-state index contributed by atoms with van der Waals surface area (Å²) in [5, 5.41) is 10.2. The fraction of sp³-hybridized carbons (Fsp3) is 0.192. The Kier molecular flexibility index (Phi) is 7.53. The normalized spacial score (nSPS) is 16.8. The Hall–Kier alpha value is -3.23. The van der Waals surface area contributed by atoms with Crippen LogP contribution in [-0.4, -0.2) is 68.6 Å². The summed E-state index contributed by atoms with van der Waals surface area (Å²) >= 11 is 3.30. The summed E-state index contributed by atoms with van der Waals surface area (Å²) in [6.45, 7) is -0.0394. The molecular formula is C26H23BrN2O8S2. The number of para-hydroxylation sites is 1. The lowest BCUT2D eigenvalue weighted by atomic mass is 10.2. The van der Waals surface area contributed by atoms with Crippen LogP contribution in [0.1, 0.15) is 10.5 Å². The van der Waals surface area contributed by atoms with Crippen molar-refractivity contribution in [2.45, 2.75) is 15.9 Å². The fourth-order valence-electron chi connectivity index (χ4n) is 4.45. The third-order valence-corrected chi connectivity index (χ3v) is 10.4. The zero-order chi connectivity index (χ0) is 27.8. The number of halogens is 1. The molecule has 1 saturated heterocycles. The molecule has 0 bridgehead atoms. The first-order chi connectivity index (χ1) is 18.6. The van der Waals surface area contributed by atoms with Gasteiger partial charge in [0.15, 0.2) is 5.69 Å². The molecule has 1 aliphatic heterocycles. The SMILES string of the molecule is O=C(O)c1c(S(=O)(=O)N2CCOC(COc3ccccc3)C2)c2cc(Br)ccc2n1S(=O)(=O)c1ccccc1. The van der Waals surface area contributed by atoms with Crippen LogP contribution in [0.15, 0.2) is 93.1 Å². The average molecular weight is 636 g/mol. The Morgan fingerprint density at radius 2 is 1.64 bits per heavy atom. The molecule has 39 heavy (non-hydrogen) atoms. The van der Waals surface area contributed by atoms with E-state index in [-0.39, 0.29) is 42.1 Å². The third-order valence-electron chi connectivity index (χ3n) is 6.20. The van der Waals surface area contributed by atoms with Gasteiger partial charge in [-0.15, -0.1) is 0 Å². The first-order valence-corrected chi connectivity index (χ1v) is 15.5. The van der Waals surface area contributed by atoms with Gasteiger partial charge in [0.25, 0.3) is 10.0 Å². The summed E-state index contributed by atoms with van der Waals surface area (Å²) in [5.41, 5.74) is -0.939. The maximum Gasteiger partial charge on any atom is 0.355 e. The van der Waals surface area contributed by atoms with Gasteiger partial charge in [-0.3, -0.25) is 0 Å². The largest absolute Gasteiger partial charge is 0.491 e. The second-order valence-corrected chi connectivity index (χ2v) is 13.3. The van der Waals surface area contributed by atoms with Crippen molar-refractivity contribution in [1.82, 2.24) is 8.28 Å². The Labute approximate surface area is 233 Å². The van der Waals surface area contributed by atoms with Crippen LogP contribution in [0, 0.1) is 0 Å². The van der Waals surface area contributed by atoms with Crippen LogP contribution in [0.25, 0.3) is 10.9 Å². The van der Waals surface area contributed by atoms with Crippen LogP contribution in [0.5, 0.6) is 5.75 Å². The number of aromatic nitrogens is 1. The number of morpholine rings is 1. The number of sulfonamides is 1. The predicted molar refractivity (Wildman–Crippen MR) is 146 cm³/mol. The second kappa shape index (κ2) is 10.7. The molecule has 204 valence electrons. The van der Waals surface area contributed by atoms with E-state index in [0.29, 0.717) is 14.2 Å². The molecule has 1 aliphatic rings.